The van der Waals surface area contributed by atoms with Crippen LogP contribution in [0.2, 0.25) is 0 Å². The van der Waals surface area contributed by atoms with E-state index in [0.29, 0.717) is 10.8 Å². The Bertz CT molecular complexity index is 752. The van der Waals surface area contributed by atoms with E-state index in [0.717, 1.165) is 42.7 Å². The van der Waals surface area contributed by atoms with Crippen molar-refractivity contribution in [3.05, 3.63) is 62.9 Å². The van der Waals surface area contributed by atoms with Gasteiger partial charge in [-0.25, -0.2) is 0 Å². The van der Waals surface area contributed by atoms with E-state index in [9.17, 15) is 4.79 Å². The van der Waals surface area contributed by atoms with E-state index < -0.39 is 0 Å². The van der Waals surface area contributed by atoms with Crippen molar-refractivity contribution in [1.29, 1.82) is 5.41 Å². The number of hydrogen-bond acceptors (Lipinski definition) is 3. The molecule has 0 bridgehead atoms. The van der Waals surface area contributed by atoms with Gasteiger partial charge in [0.1, 0.15) is 0 Å². The third-order valence-electron chi connectivity index (χ3n) is 4.37. The maximum absolute atomic E-state index is 12.3. The van der Waals surface area contributed by atoms with E-state index in [-0.39, 0.29) is 5.56 Å². The zero-order chi connectivity index (χ0) is 16.2. The fourth-order valence-corrected chi connectivity index (χ4v) is 4.48. The summed E-state index contributed by atoms with van der Waals surface area (Å²) >= 11 is 1.76. The highest BCUT2D eigenvalue weighted by Crippen LogP contribution is 2.32. The summed E-state index contributed by atoms with van der Waals surface area (Å²) in [6, 6.07) is 10.5. The van der Waals surface area contributed by atoms with Crippen LogP contribution in [0.4, 0.5) is 0 Å². The van der Waals surface area contributed by atoms with Crippen molar-refractivity contribution in [1.82, 2.24) is 4.98 Å². The van der Waals surface area contributed by atoms with Crippen LogP contribution in [0.1, 0.15) is 42.0 Å². The summed E-state index contributed by atoms with van der Waals surface area (Å²) < 4.78 is 0. The molecule has 1 aliphatic rings. The van der Waals surface area contributed by atoms with Gasteiger partial charge in [0.15, 0.2) is 0 Å². The molecule has 120 valence electrons. The van der Waals surface area contributed by atoms with Crippen molar-refractivity contribution in [3.63, 3.8) is 0 Å². The molecule has 3 nitrogen and oxygen atoms in total. The van der Waals surface area contributed by atoms with Gasteiger partial charge >= 0.3 is 0 Å². The normalized spacial score (nSPS) is 15.0. The van der Waals surface area contributed by atoms with Crippen LogP contribution in [-0.2, 0) is 19.3 Å². The van der Waals surface area contributed by atoms with Crippen LogP contribution in [0.15, 0.2) is 40.2 Å². The molecule has 1 aromatic heterocycles. The minimum absolute atomic E-state index is 0.116. The number of aromatic nitrogens is 1. The van der Waals surface area contributed by atoms with Gasteiger partial charge < -0.3 is 10.4 Å². The molecule has 23 heavy (non-hydrogen) atoms. The molecule has 1 heterocycles. The fraction of sp³-hybridized carbons (Fsp3) is 0.368. The second kappa shape index (κ2) is 7.18. The van der Waals surface area contributed by atoms with Gasteiger partial charge in [-0.05, 0) is 48.8 Å². The van der Waals surface area contributed by atoms with E-state index in [1.54, 1.807) is 11.8 Å². The van der Waals surface area contributed by atoms with E-state index in [4.69, 9.17) is 5.41 Å². The van der Waals surface area contributed by atoms with E-state index in [1.165, 1.54) is 17.3 Å². The van der Waals surface area contributed by atoms with Crippen molar-refractivity contribution < 1.29 is 0 Å². The van der Waals surface area contributed by atoms with Gasteiger partial charge in [0.05, 0.1) is 10.6 Å². The van der Waals surface area contributed by atoms with Crippen LogP contribution >= 0.6 is 11.8 Å². The molecule has 0 radical (unpaired) electrons. The number of thioether (sulfide) groups is 1. The van der Waals surface area contributed by atoms with Gasteiger partial charge in [-0.2, -0.15) is 0 Å². The summed E-state index contributed by atoms with van der Waals surface area (Å²) in [5, 5.41) is 8.94. The summed E-state index contributed by atoms with van der Waals surface area (Å²) in [4.78, 5) is 15.3. The number of fused-ring (bicyclic) bond motifs is 1. The first-order valence-corrected chi connectivity index (χ1v) is 9.06. The van der Waals surface area contributed by atoms with Crippen LogP contribution < -0.4 is 5.56 Å². The minimum atomic E-state index is -0.116. The first-order valence-electron chi connectivity index (χ1n) is 8.18. The van der Waals surface area contributed by atoms with Gasteiger partial charge in [-0.1, -0.05) is 37.3 Å². The minimum Gasteiger partial charge on any atom is -0.316 e. The highest BCUT2D eigenvalue weighted by atomic mass is 32.2. The lowest BCUT2D eigenvalue weighted by Gasteiger charge is -2.22. The maximum atomic E-state index is 12.3. The molecule has 0 saturated carbocycles. The van der Waals surface area contributed by atoms with Crippen molar-refractivity contribution in [2.45, 2.75) is 49.3 Å². The predicted octanol–water partition coefficient (Wildman–Crippen LogP) is 3.97. The van der Waals surface area contributed by atoms with Gasteiger partial charge in [0.2, 0.25) is 0 Å². The Balaban J connectivity index is 1.86. The van der Waals surface area contributed by atoms with Crippen molar-refractivity contribution in [2.75, 3.05) is 0 Å². The zero-order valence-electron chi connectivity index (χ0n) is 13.4. The SMILES string of the molecule is CC(Cc1ccccc1)Sc1[nH]c(=O)c(C=N)c2c1CCCC2. The Kier molecular flexibility index (Phi) is 5.01. The summed E-state index contributed by atoms with van der Waals surface area (Å²) in [6.45, 7) is 2.20. The molecule has 4 heteroatoms. The molecule has 0 amide bonds. The Hall–Kier alpha value is -1.81. The zero-order valence-corrected chi connectivity index (χ0v) is 14.2. The molecule has 1 atom stereocenters. The molecule has 2 aromatic rings. The van der Waals surface area contributed by atoms with Crippen LogP contribution in [0, 0.1) is 5.41 Å². The Morgan fingerprint density at radius 1 is 1.22 bits per heavy atom. The molecule has 0 saturated heterocycles. The molecular weight excluding hydrogens is 304 g/mol. The van der Waals surface area contributed by atoms with Crippen molar-refractivity contribution in [3.8, 4) is 0 Å². The third-order valence-corrected chi connectivity index (χ3v) is 5.52. The van der Waals surface area contributed by atoms with Crippen molar-refractivity contribution in [2.24, 2.45) is 0 Å². The van der Waals surface area contributed by atoms with Crippen LogP contribution in [0.3, 0.4) is 0 Å². The largest absolute Gasteiger partial charge is 0.316 e. The molecule has 0 fully saturated rings. The van der Waals surface area contributed by atoms with Gasteiger partial charge in [0.25, 0.3) is 5.56 Å². The monoisotopic (exact) mass is 326 g/mol. The Morgan fingerprint density at radius 3 is 2.61 bits per heavy atom. The first kappa shape index (κ1) is 16.1. The van der Waals surface area contributed by atoms with Gasteiger partial charge in [-0.3, -0.25) is 4.79 Å². The van der Waals surface area contributed by atoms with Gasteiger partial charge in [0, 0.05) is 11.5 Å². The lowest BCUT2D eigenvalue weighted by molar-refractivity contribution is 0.663. The number of hydrogen-bond donors (Lipinski definition) is 2. The average molecular weight is 326 g/mol. The lowest BCUT2D eigenvalue weighted by Crippen LogP contribution is -2.22. The number of nitrogens with one attached hydrogen (secondary N) is 2. The second-order valence-corrected chi connectivity index (χ2v) is 7.57. The quantitative estimate of drug-likeness (QED) is 0.645. The molecule has 3 rings (SSSR count). The van der Waals surface area contributed by atoms with E-state index in [1.807, 2.05) is 6.07 Å². The second-order valence-electron chi connectivity index (χ2n) is 6.12. The number of benzene rings is 1. The average Bonchev–Trinajstić information content (AvgIpc) is 2.56. The molecule has 0 aliphatic heterocycles. The molecule has 1 unspecified atom stereocenters. The lowest BCUT2D eigenvalue weighted by atomic mass is 9.90. The molecular formula is C19H22N2OS. The smallest absolute Gasteiger partial charge is 0.257 e. The first-order chi connectivity index (χ1) is 11.2. The number of aromatic amines is 1. The summed E-state index contributed by atoms with van der Waals surface area (Å²) in [5.74, 6) is 0. The highest BCUT2D eigenvalue weighted by molar-refractivity contribution is 7.99. The molecule has 1 aliphatic carbocycles. The summed E-state index contributed by atoms with van der Waals surface area (Å²) in [6.07, 6.45) is 6.40. The predicted molar refractivity (Wildman–Crippen MR) is 97.1 cm³/mol. The van der Waals surface area contributed by atoms with Gasteiger partial charge in [-0.15, -0.1) is 11.8 Å². The van der Waals surface area contributed by atoms with Crippen LogP contribution in [0.25, 0.3) is 0 Å². The maximum Gasteiger partial charge on any atom is 0.257 e. The molecule has 0 spiro atoms. The number of pyridine rings is 1. The van der Waals surface area contributed by atoms with E-state index in [2.05, 4.69) is 36.2 Å². The highest BCUT2D eigenvalue weighted by Gasteiger charge is 2.20. The molecule has 1 aromatic carbocycles. The summed E-state index contributed by atoms with van der Waals surface area (Å²) in [7, 11) is 0. The fourth-order valence-electron chi connectivity index (χ4n) is 3.28. The standard InChI is InChI=1S/C19H22N2OS/c1-13(11-14-7-3-2-4-8-14)23-19-16-10-6-5-9-15(16)17(12-20)18(22)21-19/h2-4,7-8,12-13,20H,5-6,9-11H2,1H3,(H,21,22). The number of H-pyrrole nitrogens is 1. The Morgan fingerprint density at radius 2 is 1.91 bits per heavy atom. The Labute approximate surface area is 141 Å². The van der Waals surface area contributed by atoms with Crippen LogP contribution in [0.5, 0.6) is 0 Å². The van der Waals surface area contributed by atoms with E-state index >= 15 is 0 Å². The van der Waals surface area contributed by atoms with Crippen LogP contribution in [-0.4, -0.2) is 16.4 Å². The summed E-state index contributed by atoms with van der Waals surface area (Å²) in [5.41, 5.74) is 4.12. The third kappa shape index (κ3) is 3.58. The van der Waals surface area contributed by atoms with Crippen molar-refractivity contribution >= 4 is 18.0 Å². The number of rotatable bonds is 5. The topological polar surface area (TPSA) is 56.7 Å². The molecule has 2 N–H and O–H groups in total.